The van der Waals surface area contributed by atoms with E-state index in [-0.39, 0.29) is 24.5 Å². The summed E-state index contributed by atoms with van der Waals surface area (Å²) in [7, 11) is 0. The maximum Gasteiger partial charge on any atom is 0.407 e. The maximum absolute atomic E-state index is 13.6. The van der Waals surface area contributed by atoms with E-state index in [0.717, 1.165) is 17.7 Å². The molecule has 3 N–H and O–H groups in total. The molecule has 2 saturated heterocycles. The number of hydrogen-bond donors (Lipinski definition) is 3. The van der Waals surface area contributed by atoms with Crippen LogP contribution in [0.25, 0.3) is 0 Å². The van der Waals surface area contributed by atoms with Crippen LogP contribution in [0.15, 0.2) is 84.9 Å². The summed E-state index contributed by atoms with van der Waals surface area (Å²) >= 11 is 0. The van der Waals surface area contributed by atoms with Crippen molar-refractivity contribution in [2.45, 2.75) is 63.6 Å². The minimum Gasteiger partial charge on any atom is -0.457 e. The number of hydrogen-bond acceptors (Lipinski definition) is 6. The predicted molar refractivity (Wildman–Crippen MR) is 178 cm³/mol. The maximum atomic E-state index is 13.6. The van der Waals surface area contributed by atoms with Crippen LogP contribution in [0.5, 0.6) is 11.5 Å². The number of alkyl carbamates (subject to hydrolysis) is 1. The zero-order valence-corrected chi connectivity index (χ0v) is 26.8. The number of carbonyl (C=O) groups is 4. The van der Waals surface area contributed by atoms with Crippen LogP contribution in [-0.4, -0.2) is 71.5 Å². The van der Waals surface area contributed by atoms with Gasteiger partial charge in [-0.2, -0.15) is 0 Å². The van der Waals surface area contributed by atoms with Crippen molar-refractivity contribution in [1.29, 1.82) is 0 Å². The molecule has 2 aliphatic heterocycles. The number of nitrogens with zero attached hydrogens (tertiary/aromatic N) is 2. The summed E-state index contributed by atoms with van der Waals surface area (Å²) in [5, 5.41) is 8.65. The van der Waals surface area contributed by atoms with Gasteiger partial charge in [0.2, 0.25) is 11.8 Å². The van der Waals surface area contributed by atoms with Gasteiger partial charge in [-0.25, -0.2) is 9.59 Å². The number of ether oxygens (including phenoxy) is 2. The first-order chi connectivity index (χ1) is 22.9. The standard InChI is InChI=1S/C36H43N5O6/c1-2-23-41-32(42)31(15-9-10-22-37-35(45)46-26-27-11-5-3-6-12-27)39-33(43)36(41)20-24-40(25-21-36)34(44)38-28-16-18-30(19-17-28)47-29-13-7-4-8-14-29/h3-8,11-14,16-19,31H,2,9-10,15,20-26H2,1H3,(H,37,45)(H,38,44)(H,39,43)/t31-/m0/s1. The Labute approximate surface area is 275 Å². The average molecular weight is 642 g/mol. The molecule has 248 valence electrons. The lowest BCUT2D eigenvalue weighted by Crippen LogP contribution is -2.73. The Kier molecular flexibility index (Phi) is 11.3. The average Bonchev–Trinajstić information content (AvgIpc) is 3.10. The SMILES string of the molecule is CCCN1C(=O)[C@H](CCCCNC(=O)OCc2ccccc2)NC(=O)C12CCN(C(=O)Nc1ccc(Oc3ccccc3)cc1)CC2. The number of para-hydroxylation sites is 1. The normalized spacial score (nSPS) is 17.2. The molecule has 2 heterocycles. The van der Waals surface area contributed by atoms with Gasteiger partial charge in [-0.3, -0.25) is 9.59 Å². The molecule has 0 unspecified atom stereocenters. The van der Waals surface area contributed by atoms with E-state index in [2.05, 4.69) is 16.0 Å². The van der Waals surface area contributed by atoms with E-state index in [4.69, 9.17) is 9.47 Å². The third kappa shape index (κ3) is 8.60. The van der Waals surface area contributed by atoms with Crippen LogP contribution < -0.4 is 20.7 Å². The van der Waals surface area contributed by atoms with Crippen LogP contribution in [0.1, 0.15) is 51.0 Å². The van der Waals surface area contributed by atoms with Crippen LogP contribution in [0.4, 0.5) is 15.3 Å². The number of piperazine rings is 1. The van der Waals surface area contributed by atoms with Gasteiger partial charge >= 0.3 is 12.1 Å². The Hall–Kier alpha value is -5.06. The highest BCUT2D eigenvalue weighted by Crippen LogP contribution is 2.34. The van der Waals surface area contributed by atoms with Crippen molar-refractivity contribution < 1.29 is 28.7 Å². The van der Waals surface area contributed by atoms with Crippen molar-refractivity contribution in [2.24, 2.45) is 0 Å². The molecule has 0 bridgehead atoms. The first-order valence-corrected chi connectivity index (χ1v) is 16.3. The van der Waals surface area contributed by atoms with Crippen molar-refractivity contribution in [1.82, 2.24) is 20.4 Å². The molecule has 0 aliphatic carbocycles. The van der Waals surface area contributed by atoms with E-state index >= 15 is 0 Å². The Morgan fingerprint density at radius 3 is 2.23 bits per heavy atom. The molecule has 11 heteroatoms. The molecular weight excluding hydrogens is 598 g/mol. The number of urea groups is 1. The smallest absolute Gasteiger partial charge is 0.407 e. The molecule has 0 aromatic heterocycles. The lowest BCUT2D eigenvalue weighted by atomic mass is 9.81. The highest BCUT2D eigenvalue weighted by atomic mass is 16.5. The van der Waals surface area contributed by atoms with E-state index in [9.17, 15) is 19.2 Å². The lowest BCUT2D eigenvalue weighted by Gasteiger charge is -2.51. The molecule has 0 radical (unpaired) electrons. The summed E-state index contributed by atoms with van der Waals surface area (Å²) in [5.74, 6) is 1.14. The quantitative estimate of drug-likeness (QED) is 0.218. The van der Waals surface area contributed by atoms with Crippen molar-refractivity contribution >= 4 is 29.6 Å². The first-order valence-electron chi connectivity index (χ1n) is 16.3. The highest BCUT2D eigenvalue weighted by Gasteiger charge is 2.53. The summed E-state index contributed by atoms with van der Waals surface area (Å²) in [6.45, 7) is 3.77. The van der Waals surface area contributed by atoms with Gasteiger partial charge < -0.3 is 35.2 Å². The second kappa shape index (κ2) is 16.0. The fraction of sp³-hybridized carbons (Fsp3) is 0.389. The van der Waals surface area contributed by atoms with Crippen molar-refractivity contribution in [2.75, 3.05) is 31.5 Å². The Balaban J connectivity index is 1.07. The second-order valence-electron chi connectivity index (χ2n) is 11.9. The summed E-state index contributed by atoms with van der Waals surface area (Å²) in [4.78, 5) is 55.8. The van der Waals surface area contributed by atoms with Gasteiger partial charge in [0.1, 0.15) is 29.7 Å². The van der Waals surface area contributed by atoms with Gasteiger partial charge in [-0.1, -0.05) is 55.5 Å². The van der Waals surface area contributed by atoms with E-state index in [0.29, 0.717) is 69.7 Å². The number of anilines is 1. The van der Waals surface area contributed by atoms with Gasteiger partial charge in [0.15, 0.2) is 0 Å². The number of benzene rings is 3. The van der Waals surface area contributed by atoms with E-state index in [1.807, 2.05) is 67.6 Å². The molecule has 0 saturated carbocycles. The fourth-order valence-corrected chi connectivity index (χ4v) is 6.07. The van der Waals surface area contributed by atoms with Gasteiger partial charge in [0.05, 0.1) is 0 Å². The minimum absolute atomic E-state index is 0.0857. The fourth-order valence-electron chi connectivity index (χ4n) is 6.07. The third-order valence-electron chi connectivity index (χ3n) is 8.62. The lowest BCUT2D eigenvalue weighted by molar-refractivity contribution is -0.160. The molecule has 47 heavy (non-hydrogen) atoms. The van der Waals surface area contributed by atoms with E-state index in [1.54, 1.807) is 34.1 Å². The van der Waals surface area contributed by atoms with Gasteiger partial charge in [-0.15, -0.1) is 0 Å². The number of piperidine rings is 1. The Morgan fingerprint density at radius 1 is 0.894 bits per heavy atom. The van der Waals surface area contributed by atoms with Crippen LogP contribution in [-0.2, 0) is 20.9 Å². The van der Waals surface area contributed by atoms with Gasteiger partial charge in [-0.05, 0) is 80.5 Å². The van der Waals surface area contributed by atoms with Crippen LogP contribution in [0.3, 0.4) is 0 Å². The molecule has 1 spiro atoms. The van der Waals surface area contributed by atoms with Crippen LogP contribution in [0.2, 0.25) is 0 Å². The summed E-state index contributed by atoms with van der Waals surface area (Å²) < 4.78 is 11.1. The molecule has 1 atom stereocenters. The van der Waals surface area contributed by atoms with Crippen LogP contribution >= 0.6 is 0 Å². The van der Waals surface area contributed by atoms with Gasteiger partial charge in [0.25, 0.3) is 0 Å². The number of unbranched alkanes of at least 4 members (excludes halogenated alkanes) is 1. The molecule has 2 fully saturated rings. The predicted octanol–water partition coefficient (Wildman–Crippen LogP) is 5.68. The van der Waals surface area contributed by atoms with Gasteiger partial charge in [0, 0.05) is 31.9 Å². The number of rotatable bonds is 12. The molecule has 2 aliphatic rings. The number of amides is 5. The third-order valence-corrected chi connectivity index (χ3v) is 8.62. The Morgan fingerprint density at radius 2 is 1.55 bits per heavy atom. The number of nitrogens with one attached hydrogen (secondary N) is 3. The molecule has 3 aromatic carbocycles. The van der Waals surface area contributed by atoms with Crippen LogP contribution in [0, 0.1) is 0 Å². The first kappa shape index (κ1) is 33.3. The molecule has 3 aromatic rings. The molecule has 11 nitrogen and oxygen atoms in total. The van der Waals surface area contributed by atoms with E-state index in [1.165, 1.54) is 0 Å². The van der Waals surface area contributed by atoms with E-state index < -0.39 is 17.7 Å². The summed E-state index contributed by atoms with van der Waals surface area (Å²) in [6, 6.07) is 25.2. The zero-order chi connectivity index (χ0) is 33.1. The van der Waals surface area contributed by atoms with Crippen molar-refractivity contribution in [3.63, 3.8) is 0 Å². The topological polar surface area (TPSA) is 129 Å². The minimum atomic E-state index is -0.971. The Bertz CT molecular complexity index is 1490. The monoisotopic (exact) mass is 641 g/mol. The molecule has 5 rings (SSSR count). The zero-order valence-electron chi connectivity index (χ0n) is 26.8. The molecule has 5 amide bonds. The largest absolute Gasteiger partial charge is 0.457 e. The number of likely N-dealkylation sites (tertiary alicyclic amines) is 1. The highest BCUT2D eigenvalue weighted by molar-refractivity contribution is 6.00. The number of carbonyl (C=O) groups excluding carboxylic acids is 4. The summed E-state index contributed by atoms with van der Waals surface area (Å²) in [5.41, 5.74) is 0.575. The second-order valence-corrected chi connectivity index (χ2v) is 11.9. The van der Waals surface area contributed by atoms with Crippen molar-refractivity contribution in [3.8, 4) is 11.5 Å². The molecular formula is C36H43N5O6. The van der Waals surface area contributed by atoms with Crippen molar-refractivity contribution in [3.05, 3.63) is 90.5 Å². The summed E-state index contributed by atoms with van der Waals surface area (Å²) in [6.07, 6.45) is 2.73.